The van der Waals surface area contributed by atoms with Crippen LogP contribution in [0.4, 0.5) is 0 Å². The third kappa shape index (κ3) is 4.34. The van der Waals surface area contributed by atoms with Gasteiger partial charge in [0.05, 0.1) is 16.6 Å². The molecule has 53 heavy (non-hydrogen) atoms. The number of para-hydroxylation sites is 3. The molecular weight excluding hydrogens is 649 g/mol. The minimum absolute atomic E-state index is 0.110. The Kier molecular flexibility index (Phi) is 6.23. The summed E-state index contributed by atoms with van der Waals surface area (Å²) >= 11 is 0. The highest BCUT2D eigenvalue weighted by Crippen LogP contribution is 2.53. The average molecular weight is 681 g/mol. The molecule has 3 heterocycles. The highest BCUT2D eigenvalue weighted by molar-refractivity contribution is 6.15. The fraction of sp³-hybridized carbons (Fsp3) is 0.0625. The van der Waals surface area contributed by atoms with Gasteiger partial charge < -0.3 is 8.98 Å². The maximum Gasteiger partial charge on any atom is 0.167 e. The predicted molar refractivity (Wildman–Crippen MR) is 215 cm³/mol. The summed E-state index contributed by atoms with van der Waals surface area (Å²) in [5.74, 6) is 1.77. The van der Waals surface area contributed by atoms with E-state index < -0.39 is 0 Å². The van der Waals surface area contributed by atoms with Crippen molar-refractivity contribution in [2.24, 2.45) is 0 Å². The summed E-state index contributed by atoms with van der Waals surface area (Å²) in [5.41, 5.74) is 12.9. The fourth-order valence-corrected chi connectivity index (χ4v) is 8.56. The molecule has 7 aromatic carbocycles. The van der Waals surface area contributed by atoms with Crippen molar-refractivity contribution in [3.63, 3.8) is 0 Å². The second kappa shape index (κ2) is 11.1. The van der Waals surface area contributed by atoms with E-state index in [-0.39, 0.29) is 5.41 Å². The number of hydrogen-bond donors (Lipinski definition) is 0. The molecule has 5 heteroatoms. The lowest BCUT2D eigenvalue weighted by Gasteiger charge is -2.21. The Labute approximate surface area is 305 Å². The molecule has 0 saturated heterocycles. The molecule has 1 aliphatic rings. The standard InChI is InChI=1S/C48H32N4O/c1-48(2)38-23-9-6-20-36(38)42-39(48)27-26-34-32-18-7-10-24-40(32)52(43(34)42)31-17-12-16-30(28-31)46-49-45(29-14-4-3-5-15-29)50-47(51-46)37-22-13-21-35-33-19-8-11-25-41(33)53-44(35)37/h3-28H,1-2H3. The number of benzene rings is 7. The van der Waals surface area contributed by atoms with Crippen LogP contribution in [0, 0.1) is 0 Å². The number of hydrogen-bond acceptors (Lipinski definition) is 4. The monoisotopic (exact) mass is 680 g/mol. The first-order chi connectivity index (χ1) is 26.0. The molecular formula is C48H32N4O. The van der Waals surface area contributed by atoms with Crippen LogP contribution in [0.5, 0.6) is 0 Å². The Morgan fingerprint density at radius 3 is 2.04 bits per heavy atom. The number of aromatic nitrogens is 4. The lowest BCUT2D eigenvalue weighted by Crippen LogP contribution is -2.14. The molecule has 0 unspecified atom stereocenters. The molecule has 0 spiro atoms. The van der Waals surface area contributed by atoms with Crippen molar-refractivity contribution in [2.45, 2.75) is 19.3 Å². The zero-order valence-electron chi connectivity index (χ0n) is 29.2. The maximum atomic E-state index is 6.45. The van der Waals surface area contributed by atoms with Crippen molar-refractivity contribution in [2.75, 3.05) is 0 Å². The number of furan rings is 1. The van der Waals surface area contributed by atoms with E-state index in [1.807, 2.05) is 60.7 Å². The van der Waals surface area contributed by atoms with Crippen molar-refractivity contribution in [1.29, 1.82) is 0 Å². The summed E-state index contributed by atoms with van der Waals surface area (Å²) in [6.45, 7) is 4.68. The Morgan fingerprint density at radius 2 is 1.15 bits per heavy atom. The molecule has 5 nitrogen and oxygen atoms in total. The van der Waals surface area contributed by atoms with Crippen LogP contribution in [0.1, 0.15) is 25.0 Å². The van der Waals surface area contributed by atoms with Gasteiger partial charge in [-0.1, -0.05) is 141 Å². The van der Waals surface area contributed by atoms with E-state index in [0.717, 1.165) is 49.8 Å². The predicted octanol–water partition coefficient (Wildman–Crippen LogP) is 12.2. The van der Waals surface area contributed by atoms with Crippen LogP contribution in [0.2, 0.25) is 0 Å². The molecule has 0 radical (unpaired) electrons. The lowest BCUT2D eigenvalue weighted by molar-refractivity contribution is 0.661. The van der Waals surface area contributed by atoms with E-state index in [4.69, 9.17) is 19.4 Å². The van der Waals surface area contributed by atoms with E-state index in [1.165, 1.54) is 38.5 Å². The summed E-state index contributed by atoms with van der Waals surface area (Å²) in [6.07, 6.45) is 0. The summed E-state index contributed by atoms with van der Waals surface area (Å²) in [4.78, 5) is 15.4. The zero-order valence-corrected chi connectivity index (χ0v) is 29.2. The Hall–Kier alpha value is -6.85. The summed E-state index contributed by atoms with van der Waals surface area (Å²) in [6, 6.07) is 55.3. The SMILES string of the molecule is CC1(C)c2ccccc2-c2c1ccc1c3ccccc3n(-c3cccc(-c4nc(-c5ccccc5)nc(-c5cccc6c5oc5ccccc56)n4)c3)c21. The molecule has 0 aliphatic heterocycles. The Morgan fingerprint density at radius 1 is 0.491 bits per heavy atom. The van der Waals surface area contributed by atoms with E-state index in [1.54, 1.807) is 0 Å². The minimum atomic E-state index is -0.110. The molecule has 0 amide bonds. The number of rotatable bonds is 4. The van der Waals surface area contributed by atoms with Crippen molar-refractivity contribution in [3.05, 3.63) is 169 Å². The van der Waals surface area contributed by atoms with E-state index in [0.29, 0.717) is 17.5 Å². The normalized spacial score (nSPS) is 13.2. The molecule has 0 atom stereocenters. The van der Waals surface area contributed by atoms with Gasteiger partial charge >= 0.3 is 0 Å². The van der Waals surface area contributed by atoms with Gasteiger partial charge in [0.1, 0.15) is 11.2 Å². The van der Waals surface area contributed by atoms with Gasteiger partial charge in [0.15, 0.2) is 17.5 Å². The molecule has 0 saturated carbocycles. The first-order valence-electron chi connectivity index (χ1n) is 18.0. The van der Waals surface area contributed by atoms with Gasteiger partial charge in [-0.2, -0.15) is 0 Å². The van der Waals surface area contributed by atoms with Crippen LogP contribution < -0.4 is 0 Å². The first-order valence-corrected chi connectivity index (χ1v) is 18.0. The quantitative estimate of drug-likeness (QED) is 0.186. The van der Waals surface area contributed by atoms with Gasteiger partial charge in [0.2, 0.25) is 0 Å². The van der Waals surface area contributed by atoms with Crippen molar-refractivity contribution < 1.29 is 4.42 Å². The highest BCUT2D eigenvalue weighted by Gasteiger charge is 2.37. The molecule has 0 bridgehead atoms. The van der Waals surface area contributed by atoms with Crippen molar-refractivity contribution in [1.82, 2.24) is 19.5 Å². The summed E-state index contributed by atoms with van der Waals surface area (Å²) in [7, 11) is 0. The third-order valence-electron chi connectivity index (χ3n) is 11.1. The highest BCUT2D eigenvalue weighted by atomic mass is 16.3. The second-order valence-corrected chi connectivity index (χ2v) is 14.4. The fourth-order valence-electron chi connectivity index (χ4n) is 8.56. The first kappa shape index (κ1) is 29.8. The van der Waals surface area contributed by atoms with Crippen LogP contribution >= 0.6 is 0 Å². The van der Waals surface area contributed by atoms with Gasteiger partial charge in [0, 0.05) is 49.3 Å². The van der Waals surface area contributed by atoms with Crippen LogP contribution in [-0.4, -0.2) is 19.5 Å². The van der Waals surface area contributed by atoms with E-state index in [2.05, 4.69) is 115 Å². The smallest absolute Gasteiger partial charge is 0.167 e. The molecule has 250 valence electrons. The van der Waals surface area contributed by atoms with E-state index in [9.17, 15) is 0 Å². The van der Waals surface area contributed by atoms with E-state index >= 15 is 0 Å². The average Bonchev–Trinajstić information content (AvgIpc) is 3.84. The lowest BCUT2D eigenvalue weighted by atomic mass is 9.82. The molecule has 10 aromatic rings. The van der Waals surface area contributed by atoms with Crippen molar-refractivity contribution >= 4 is 43.7 Å². The summed E-state index contributed by atoms with van der Waals surface area (Å²) < 4.78 is 8.88. The third-order valence-corrected chi connectivity index (χ3v) is 11.1. The Balaban J connectivity index is 1.16. The van der Waals surface area contributed by atoms with Gasteiger partial charge in [-0.25, -0.2) is 15.0 Å². The molecule has 0 fully saturated rings. The molecule has 11 rings (SSSR count). The number of nitrogens with zero attached hydrogens (tertiary/aromatic N) is 4. The maximum absolute atomic E-state index is 6.45. The minimum Gasteiger partial charge on any atom is -0.455 e. The Bertz CT molecular complexity index is 3100. The van der Waals surface area contributed by atoms with Crippen LogP contribution in [-0.2, 0) is 5.41 Å². The van der Waals surface area contributed by atoms with Crippen LogP contribution in [0.15, 0.2) is 162 Å². The largest absolute Gasteiger partial charge is 0.455 e. The molecule has 0 N–H and O–H groups in total. The molecule has 1 aliphatic carbocycles. The van der Waals surface area contributed by atoms with Crippen molar-refractivity contribution in [3.8, 4) is 51.0 Å². The summed E-state index contributed by atoms with van der Waals surface area (Å²) in [5, 5.41) is 4.57. The van der Waals surface area contributed by atoms with Gasteiger partial charge in [0.25, 0.3) is 0 Å². The van der Waals surface area contributed by atoms with Crippen LogP contribution in [0.25, 0.3) is 94.7 Å². The van der Waals surface area contributed by atoms with Gasteiger partial charge in [-0.3, -0.25) is 0 Å². The van der Waals surface area contributed by atoms with Gasteiger partial charge in [-0.05, 0) is 47.0 Å². The van der Waals surface area contributed by atoms with Crippen LogP contribution in [0.3, 0.4) is 0 Å². The second-order valence-electron chi connectivity index (χ2n) is 14.4. The number of fused-ring (bicyclic) bond motifs is 10. The van der Waals surface area contributed by atoms with Gasteiger partial charge in [-0.15, -0.1) is 0 Å². The zero-order chi connectivity index (χ0) is 35.3. The molecule has 3 aromatic heterocycles. The topological polar surface area (TPSA) is 56.7 Å².